The molecule has 1 atom stereocenters. The molecule has 4 nitrogen and oxygen atoms in total. The lowest BCUT2D eigenvalue weighted by Crippen LogP contribution is -2.49. The van der Waals surface area contributed by atoms with Gasteiger partial charge in [0.05, 0.1) is 0 Å². The van der Waals surface area contributed by atoms with Crippen molar-refractivity contribution in [3.63, 3.8) is 0 Å². The van der Waals surface area contributed by atoms with Crippen molar-refractivity contribution in [3.05, 3.63) is 35.9 Å². The Balaban J connectivity index is 1.82. The number of carbonyl (C=O) groups is 1. The molecule has 1 heterocycles. The Morgan fingerprint density at radius 1 is 1.38 bits per heavy atom. The molecule has 0 spiro atoms. The molecule has 0 radical (unpaired) electrons. The summed E-state index contributed by atoms with van der Waals surface area (Å²) in [5.41, 5.74) is 6.78. The van der Waals surface area contributed by atoms with Gasteiger partial charge in [0.2, 0.25) is 5.91 Å². The Labute approximate surface area is 127 Å². The number of carbonyl (C=O) groups excluding carboxylic acids is 1. The fourth-order valence-corrected chi connectivity index (χ4v) is 2.85. The Morgan fingerprint density at radius 3 is 2.76 bits per heavy atom. The first-order valence-electron chi connectivity index (χ1n) is 7.77. The predicted octanol–water partition coefficient (Wildman–Crippen LogP) is 1.89. The van der Waals surface area contributed by atoms with Gasteiger partial charge in [-0.25, -0.2) is 0 Å². The summed E-state index contributed by atoms with van der Waals surface area (Å²) < 4.78 is 0. The van der Waals surface area contributed by atoms with E-state index >= 15 is 0 Å². The van der Waals surface area contributed by atoms with Crippen LogP contribution >= 0.6 is 0 Å². The Morgan fingerprint density at radius 2 is 2.10 bits per heavy atom. The molecule has 0 saturated carbocycles. The molecular weight excluding hydrogens is 262 g/mol. The smallest absolute Gasteiger partial charge is 0.222 e. The average molecular weight is 289 g/mol. The molecule has 1 aliphatic rings. The minimum Gasteiger partial charge on any atom is -0.352 e. The van der Waals surface area contributed by atoms with Crippen molar-refractivity contribution in [2.75, 3.05) is 13.1 Å². The van der Waals surface area contributed by atoms with Crippen molar-refractivity contribution in [2.45, 2.75) is 51.2 Å². The topological polar surface area (TPSA) is 58.4 Å². The van der Waals surface area contributed by atoms with E-state index in [0.717, 1.165) is 32.5 Å². The van der Waals surface area contributed by atoms with Crippen LogP contribution in [0.1, 0.15) is 38.7 Å². The molecule has 1 aromatic carbocycles. The largest absolute Gasteiger partial charge is 0.352 e. The van der Waals surface area contributed by atoms with Gasteiger partial charge in [0.25, 0.3) is 0 Å². The number of hydrogen-bond donors (Lipinski definition) is 2. The van der Waals surface area contributed by atoms with Crippen LogP contribution in [0, 0.1) is 0 Å². The second kappa shape index (κ2) is 7.05. The minimum absolute atomic E-state index is 0.0639. The number of nitrogens with one attached hydrogen (secondary N) is 1. The van der Waals surface area contributed by atoms with Gasteiger partial charge in [0.15, 0.2) is 0 Å². The van der Waals surface area contributed by atoms with E-state index in [-0.39, 0.29) is 11.9 Å². The SMILES string of the molecule is CC(C)(N)CC(=O)NC1CCCN(Cc2ccccc2)C1. The molecule has 1 amide bonds. The zero-order valence-corrected chi connectivity index (χ0v) is 13.1. The summed E-state index contributed by atoms with van der Waals surface area (Å²) in [5, 5.41) is 3.13. The maximum atomic E-state index is 12.0. The number of likely N-dealkylation sites (tertiary alicyclic amines) is 1. The van der Waals surface area contributed by atoms with Crippen LogP contribution in [-0.2, 0) is 11.3 Å². The quantitative estimate of drug-likeness (QED) is 0.870. The van der Waals surface area contributed by atoms with Crippen LogP contribution in [0.2, 0.25) is 0 Å². The van der Waals surface area contributed by atoms with Gasteiger partial charge in [-0.05, 0) is 38.8 Å². The van der Waals surface area contributed by atoms with Gasteiger partial charge >= 0.3 is 0 Å². The highest BCUT2D eigenvalue weighted by Gasteiger charge is 2.23. The number of hydrogen-bond acceptors (Lipinski definition) is 3. The first kappa shape index (κ1) is 16.0. The molecule has 1 aromatic rings. The van der Waals surface area contributed by atoms with E-state index in [0.29, 0.717) is 6.42 Å². The van der Waals surface area contributed by atoms with Crippen molar-refractivity contribution < 1.29 is 4.79 Å². The van der Waals surface area contributed by atoms with E-state index in [1.165, 1.54) is 5.56 Å². The third-order valence-corrected chi connectivity index (χ3v) is 3.74. The number of piperidine rings is 1. The number of rotatable bonds is 5. The van der Waals surface area contributed by atoms with Gasteiger partial charge in [-0.3, -0.25) is 9.69 Å². The molecular formula is C17H27N3O. The molecule has 1 aliphatic heterocycles. The summed E-state index contributed by atoms with van der Waals surface area (Å²) in [6, 6.07) is 10.7. The van der Waals surface area contributed by atoms with Crippen LogP contribution in [0.3, 0.4) is 0 Å². The monoisotopic (exact) mass is 289 g/mol. The molecule has 116 valence electrons. The first-order valence-corrected chi connectivity index (χ1v) is 7.77. The third kappa shape index (κ3) is 5.86. The van der Waals surface area contributed by atoms with Gasteiger partial charge in [-0.2, -0.15) is 0 Å². The van der Waals surface area contributed by atoms with Crippen LogP contribution in [0.5, 0.6) is 0 Å². The molecule has 0 aromatic heterocycles. The number of nitrogens with zero attached hydrogens (tertiary/aromatic N) is 1. The normalized spacial score (nSPS) is 20.2. The van der Waals surface area contributed by atoms with Crippen molar-refractivity contribution >= 4 is 5.91 Å². The van der Waals surface area contributed by atoms with Crippen LogP contribution < -0.4 is 11.1 Å². The molecule has 1 saturated heterocycles. The maximum absolute atomic E-state index is 12.0. The highest BCUT2D eigenvalue weighted by Crippen LogP contribution is 2.14. The number of amides is 1. The molecule has 2 rings (SSSR count). The minimum atomic E-state index is -0.442. The lowest BCUT2D eigenvalue weighted by molar-refractivity contribution is -0.123. The van der Waals surface area contributed by atoms with E-state index in [1.54, 1.807) is 0 Å². The molecule has 4 heteroatoms. The van der Waals surface area contributed by atoms with Gasteiger partial charge in [0, 0.05) is 31.1 Å². The summed E-state index contributed by atoms with van der Waals surface area (Å²) in [4.78, 5) is 14.4. The summed E-state index contributed by atoms with van der Waals surface area (Å²) in [5.74, 6) is 0.0639. The highest BCUT2D eigenvalue weighted by atomic mass is 16.1. The van der Waals surface area contributed by atoms with E-state index in [9.17, 15) is 4.79 Å². The summed E-state index contributed by atoms with van der Waals surface area (Å²) in [7, 11) is 0. The summed E-state index contributed by atoms with van der Waals surface area (Å²) in [6.07, 6.45) is 2.56. The standard InChI is InChI=1S/C17H27N3O/c1-17(2,18)11-16(21)19-15-9-6-10-20(13-15)12-14-7-4-3-5-8-14/h3-5,7-8,15H,6,9-13,18H2,1-2H3,(H,19,21). The van der Waals surface area contributed by atoms with Crippen molar-refractivity contribution in [1.29, 1.82) is 0 Å². The van der Waals surface area contributed by atoms with E-state index < -0.39 is 5.54 Å². The molecule has 21 heavy (non-hydrogen) atoms. The van der Waals surface area contributed by atoms with Gasteiger partial charge in [0.1, 0.15) is 0 Å². The predicted molar refractivity (Wildman–Crippen MR) is 85.8 cm³/mol. The Hall–Kier alpha value is -1.39. The fraction of sp³-hybridized carbons (Fsp3) is 0.588. The molecule has 1 unspecified atom stereocenters. The van der Waals surface area contributed by atoms with Crippen LogP contribution in [0.15, 0.2) is 30.3 Å². The van der Waals surface area contributed by atoms with E-state index in [1.807, 2.05) is 19.9 Å². The zero-order valence-electron chi connectivity index (χ0n) is 13.1. The zero-order chi connectivity index (χ0) is 15.3. The van der Waals surface area contributed by atoms with Crippen LogP contribution in [-0.4, -0.2) is 35.5 Å². The van der Waals surface area contributed by atoms with Gasteiger partial charge in [-0.15, -0.1) is 0 Å². The van der Waals surface area contributed by atoms with Gasteiger partial charge < -0.3 is 11.1 Å². The van der Waals surface area contributed by atoms with Gasteiger partial charge in [-0.1, -0.05) is 30.3 Å². The van der Waals surface area contributed by atoms with Crippen molar-refractivity contribution in [3.8, 4) is 0 Å². The lowest BCUT2D eigenvalue weighted by Gasteiger charge is -2.33. The summed E-state index contributed by atoms with van der Waals surface area (Å²) in [6.45, 7) is 6.75. The number of nitrogens with two attached hydrogens (primary N) is 1. The Kier molecular flexibility index (Phi) is 5.37. The molecule has 0 aliphatic carbocycles. The van der Waals surface area contributed by atoms with Crippen LogP contribution in [0.25, 0.3) is 0 Å². The molecule has 3 N–H and O–H groups in total. The maximum Gasteiger partial charge on any atom is 0.222 e. The van der Waals surface area contributed by atoms with Crippen molar-refractivity contribution in [1.82, 2.24) is 10.2 Å². The average Bonchev–Trinajstić information content (AvgIpc) is 2.38. The highest BCUT2D eigenvalue weighted by molar-refractivity contribution is 5.77. The second-order valence-corrected chi connectivity index (χ2v) is 6.79. The second-order valence-electron chi connectivity index (χ2n) is 6.79. The molecule has 1 fully saturated rings. The summed E-state index contributed by atoms with van der Waals surface area (Å²) >= 11 is 0. The Bertz CT molecular complexity index is 453. The first-order chi connectivity index (χ1) is 9.92. The lowest BCUT2D eigenvalue weighted by atomic mass is 10.0. The fourth-order valence-electron chi connectivity index (χ4n) is 2.85. The third-order valence-electron chi connectivity index (χ3n) is 3.74. The van der Waals surface area contributed by atoms with E-state index in [4.69, 9.17) is 5.73 Å². The van der Waals surface area contributed by atoms with Crippen LogP contribution in [0.4, 0.5) is 0 Å². The number of benzene rings is 1. The van der Waals surface area contributed by atoms with E-state index in [2.05, 4.69) is 34.5 Å². The molecule has 0 bridgehead atoms. The van der Waals surface area contributed by atoms with Crippen molar-refractivity contribution in [2.24, 2.45) is 5.73 Å².